The van der Waals surface area contributed by atoms with Crippen LogP contribution in [0.25, 0.3) is 0 Å². The number of carboxylic acid groups (broad SMARTS) is 1. The van der Waals surface area contributed by atoms with E-state index >= 15 is 0 Å². The molecule has 0 aliphatic rings. The van der Waals surface area contributed by atoms with Gasteiger partial charge in [-0.05, 0) is 44.4 Å². The highest BCUT2D eigenvalue weighted by molar-refractivity contribution is 5.69. The van der Waals surface area contributed by atoms with Crippen LogP contribution in [0.5, 0.6) is 0 Å². The van der Waals surface area contributed by atoms with Crippen molar-refractivity contribution in [1.29, 1.82) is 0 Å². The molecule has 0 spiro atoms. The normalized spacial score (nSPS) is 13.7. The van der Waals surface area contributed by atoms with Crippen molar-refractivity contribution in [3.63, 3.8) is 0 Å². The standard InChI is InChI=1S/C28H54O2/c1-4-7-9-10-11-12-13-14-15-16-17-18-19-21-24-27(28(29)30)25-26(22-6-3)23-20-8-5-2/h14-15,26-27H,4-13,16-25H2,1-3H3,(H,29,30)/b15-14-. The lowest BCUT2D eigenvalue weighted by Gasteiger charge is -2.21. The van der Waals surface area contributed by atoms with E-state index in [2.05, 4.69) is 32.9 Å². The first-order valence-electron chi connectivity index (χ1n) is 13.5. The van der Waals surface area contributed by atoms with Gasteiger partial charge in [0.2, 0.25) is 0 Å². The molecule has 178 valence electrons. The Balaban J connectivity index is 3.80. The molecule has 0 bridgehead atoms. The zero-order valence-corrected chi connectivity index (χ0v) is 20.8. The van der Waals surface area contributed by atoms with Crippen LogP contribution in [0.4, 0.5) is 0 Å². The van der Waals surface area contributed by atoms with Gasteiger partial charge in [-0.15, -0.1) is 0 Å². The first-order valence-corrected chi connectivity index (χ1v) is 13.5. The lowest BCUT2D eigenvalue weighted by molar-refractivity contribution is -0.142. The quantitative estimate of drug-likeness (QED) is 0.131. The maximum Gasteiger partial charge on any atom is 0.306 e. The molecule has 0 saturated heterocycles. The number of aliphatic carboxylic acids is 1. The SMILES string of the molecule is CCCCCCCC/C=C\CCCCCCC(CC(CCC)CCCCC)C(=O)O. The van der Waals surface area contributed by atoms with Gasteiger partial charge in [0.25, 0.3) is 0 Å². The summed E-state index contributed by atoms with van der Waals surface area (Å²) in [6.07, 6.45) is 29.3. The van der Waals surface area contributed by atoms with Crippen molar-refractivity contribution in [3.05, 3.63) is 12.2 Å². The first-order chi connectivity index (χ1) is 14.7. The Morgan fingerprint density at radius 3 is 1.70 bits per heavy atom. The third kappa shape index (κ3) is 19.2. The van der Waals surface area contributed by atoms with Crippen molar-refractivity contribution < 1.29 is 9.90 Å². The van der Waals surface area contributed by atoms with E-state index in [-0.39, 0.29) is 5.92 Å². The summed E-state index contributed by atoms with van der Waals surface area (Å²) in [7, 11) is 0. The molecule has 0 rings (SSSR count). The summed E-state index contributed by atoms with van der Waals surface area (Å²) in [6.45, 7) is 6.73. The molecule has 0 aromatic carbocycles. The summed E-state index contributed by atoms with van der Waals surface area (Å²) in [5.74, 6) is -0.0796. The van der Waals surface area contributed by atoms with Gasteiger partial charge in [-0.25, -0.2) is 0 Å². The van der Waals surface area contributed by atoms with Gasteiger partial charge in [0.1, 0.15) is 0 Å². The summed E-state index contributed by atoms with van der Waals surface area (Å²) < 4.78 is 0. The average Bonchev–Trinajstić information content (AvgIpc) is 2.73. The summed E-state index contributed by atoms with van der Waals surface area (Å²) in [5, 5.41) is 9.66. The van der Waals surface area contributed by atoms with Gasteiger partial charge in [-0.1, -0.05) is 123 Å². The van der Waals surface area contributed by atoms with E-state index < -0.39 is 5.97 Å². The fourth-order valence-electron chi connectivity index (χ4n) is 4.50. The Morgan fingerprint density at radius 2 is 1.13 bits per heavy atom. The minimum atomic E-state index is -0.566. The fraction of sp³-hybridized carbons (Fsp3) is 0.893. The number of hydrogen-bond donors (Lipinski definition) is 1. The molecule has 1 N–H and O–H groups in total. The lowest BCUT2D eigenvalue weighted by atomic mass is 9.85. The van der Waals surface area contributed by atoms with E-state index in [4.69, 9.17) is 0 Å². The molecule has 0 saturated carbocycles. The van der Waals surface area contributed by atoms with Crippen LogP contribution < -0.4 is 0 Å². The van der Waals surface area contributed by atoms with Crippen molar-refractivity contribution in [3.8, 4) is 0 Å². The molecule has 0 amide bonds. The van der Waals surface area contributed by atoms with Crippen molar-refractivity contribution in [2.45, 2.75) is 149 Å². The number of hydrogen-bond acceptors (Lipinski definition) is 1. The molecule has 30 heavy (non-hydrogen) atoms. The van der Waals surface area contributed by atoms with E-state index in [1.807, 2.05) is 0 Å². The van der Waals surface area contributed by atoms with Gasteiger partial charge in [-0.2, -0.15) is 0 Å². The minimum Gasteiger partial charge on any atom is -0.481 e. The molecule has 0 fully saturated rings. The van der Waals surface area contributed by atoms with Gasteiger partial charge in [0, 0.05) is 0 Å². The van der Waals surface area contributed by atoms with Crippen LogP contribution >= 0.6 is 0 Å². The number of rotatable bonds is 23. The molecule has 0 aliphatic carbocycles. The molecule has 0 aromatic heterocycles. The predicted molar refractivity (Wildman–Crippen MR) is 133 cm³/mol. The van der Waals surface area contributed by atoms with E-state index in [9.17, 15) is 9.90 Å². The van der Waals surface area contributed by atoms with Gasteiger partial charge >= 0.3 is 5.97 Å². The van der Waals surface area contributed by atoms with Crippen LogP contribution in [0, 0.1) is 11.8 Å². The molecule has 0 heterocycles. The van der Waals surface area contributed by atoms with E-state index in [1.54, 1.807) is 0 Å². The number of carboxylic acids is 1. The Morgan fingerprint density at radius 1 is 0.633 bits per heavy atom. The second-order valence-electron chi connectivity index (χ2n) is 9.44. The van der Waals surface area contributed by atoms with E-state index in [0.29, 0.717) is 5.92 Å². The van der Waals surface area contributed by atoms with E-state index in [1.165, 1.54) is 109 Å². The van der Waals surface area contributed by atoms with Crippen molar-refractivity contribution in [1.82, 2.24) is 0 Å². The molecule has 2 unspecified atom stereocenters. The summed E-state index contributed by atoms with van der Waals surface area (Å²) in [5.41, 5.74) is 0. The number of allylic oxidation sites excluding steroid dienone is 2. The van der Waals surface area contributed by atoms with Crippen LogP contribution in [-0.4, -0.2) is 11.1 Å². The van der Waals surface area contributed by atoms with Crippen molar-refractivity contribution >= 4 is 5.97 Å². The highest BCUT2D eigenvalue weighted by atomic mass is 16.4. The van der Waals surface area contributed by atoms with Gasteiger partial charge < -0.3 is 5.11 Å². The van der Waals surface area contributed by atoms with Crippen LogP contribution in [0.1, 0.15) is 149 Å². The van der Waals surface area contributed by atoms with Crippen LogP contribution in [0.2, 0.25) is 0 Å². The molecular weight excluding hydrogens is 368 g/mol. The maximum atomic E-state index is 11.7. The molecule has 2 atom stereocenters. The Bertz CT molecular complexity index is 388. The summed E-state index contributed by atoms with van der Waals surface area (Å²) in [4.78, 5) is 11.7. The van der Waals surface area contributed by atoms with Crippen LogP contribution in [-0.2, 0) is 4.79 Å². The highest BCUT2D eigenvalue weighted by Gasteiger charge is 2.21. The third-order valence-corrected chi connectivity index (χ3v) is 6.44. The average molecular weight is 423 g/mol. The second-order valence-corrected chi connectivity index (χ2v) is 9.44. The topological polar surface area (TPSA) is 37.3 Å². The zero-order chi connectivity index (χ0) is 22.3. The molecule has 2 heteroatoms. The van der Waals surface area contributed by atoms with Crippen LogP contribution in [0.15, 0.2) is 12.2 Å². The lowest BCUT2D eigenvalue weighted by Crippen LogP contribution is -2.18. The van der Waals surface area contributed by atoms with Gasteiger partial charge in [-0.3, -0.25) is 4.79 Å². The van der Waals surface area contributed by atoms with Crippen LogP contribution in [0.3, 0.4) is 0 Å². The van der Waals surface area contributed by atoms with Crippen molar-refractivity contribution in [2.75, 3.05) is 0 Å². The first kappa shape index (κ1) is 29.2. The highest BCUT2D eigenvalue weighted by Crippen LogP contribution is 2.27. The molecule has 0 radical (unpaired) electrons. The summed E-state index contributed by atoms with van der Waals surface area (Å²) >= 11 is 0. The Labute approximate surface area is 189 Å². The number of unbranched alkanes of at least 4 members (excludes halogenated alkanes) is 12. The monoisotopic (exact) mass is 422 g/mol. The van der Waals surface area contributed by atoms with Gasteiger partial charge in [0.05, 0.1) is 5.92 Å². The largest absolute Gasteiger partial charge is 0.481 e. The van der Waals surface area contributed by atoms with Gasteiger partial charge in [0.15, 0.2) is 0 Å². The molecule has 0 aliphatic heterocycles. The molecule has 0 aromatic rings. The van der Waals surface area contributed by atoms with Crippen molar-refractivity contribution in [2.24, 2.45) is 11.8 Å². The Hall–Kier alpha value is -0.790. The molecule has 2 nitrogen and oxygen atoms in total. The predicted octanol–water partition coefficient (Wildman–Crippen LogP) is 9.72. The second kappa shape index (κ2) is 22.9. The third-order valence-electron chi connectivity index (χ3n) is 6.44. The van der Waals surface area contributed by atoms with E-state index in [0.717, 1.165) is 19.3 Å². The Kier molecular flexibility index (Phi) is 22.3. The maximum absolute atomic E-state index is 11.7. The fourth-order valence-corrected chi connectivity index (χ4v) is 4.50. The summed E-state index contributed by atoms with van der Waals surface area (Å²) in [6, 6.07) is 0. The molecular formula is C28H54O2. The minimum absolute atomic E-state index is 0.125. The number of carbonyl (C=O) groups is 1. The smallest absolute Gasteiger partial charge is 0.306 e. The zero-order valence-electron chi connectivity index (χ0n) is 20.8.